The summed E-state index contributed by atoms with van der Waals surface area (Å²) < 4.78 is 24.7. The van der Waals surface area contributed by atoms with Crippen LogP contribution in [-0.2, 0) is 14.8 Å². The van der Waals surface area contributed by atoms with E-state index in [1.807, 2.05) is 0 Å². The summed E-state index contributed by atoms with van der Waals surface area (Å²) in [5.41, 5.74) is -0.989. The highest BCUT2D eigenvalue weighted by molar-refractivity contribution is 7.89. The molecule has 0 rings (SSSR count). The van der Waals surface area contributed by atoms with Crippen LogP contribution in [0.1, 0.15) is 20.3 Å². The molecule has 14 heavy (non-hydrogen) atoms. The average Bonchev–Trinajstić information content (AvgIpc) is 1.99. The van der Waals surface area contributed by atoms with E-state index in [0.29, 0.717) is 0 Å². The van der Waals surface area contributed by atoms with E-state index in [0.717, 1.165) is 0 Å². The number of carboxylic acids is 1. The second-order valence-electron chi connectivity index (χ2n) is 3.33. The molecular formula is C8H13NO4S. The van der Waals surface area contributed by atoms with Gasteiger partial charge in [-0.05, 0) is 13.8 Å². The Kier molecular flexibility index (Phi) is 4.10. The van der Waals surface area contributed by atoms with Gasteiger partial charge in [0.2, 0.25) is 10.0 Å². The molecule has 0 fully saturated rings. The van der Waals surface area contributed by atoms with Gasteiger partial charge in [-0.3, -0.25) is 4.79 Å². The third-order valence-electron chi connectivity index (χ3n) is 1.36. The van der Waals surface area contributed by atoms with Gasteiger partial charge in [-0.25, -0.2) is 8.42 Å². The molecule has 0 heterocycles. The van der Waals surface area contributed by atoms with Gasteiger partial charge in [-0.15, -0.1) is 6.42 Å². The Morgan fingerprint density at radius 1 is 1.57 bits per heavy atom. The normalized spacial score (nSPS) is 12.1. The fraction of sp³-hybridized carbons (Fsp3) is 0.625. The van der Waals surface area contributed by atoms with E-state index in [1.54, 1.807) is 0 Å². The summed E-state index contributed by atoms with van der Waals surface area (Å²) in [6, 6.07) is 0. The van der Waals surface area contributed by atoms with Gasteiger partial charge in [-0.1, -0.05) is 5.92 Å². The largest absolute Gasteiger partial charge is 0.481 e. The Bertz CT molecular complexity index is 350. The summed E-state index contributed by atoms with van der Waals surface area (Å²) >= 11 is 0. The van der Waals surface area contributed by atoms with E-state index in [4.69, 9.17) is 11.5 Å². The number of carboxylic acid groups (broad SMARTS) is 1. The van der Waals surface area contributed by atoms with Crippen molar-refractivity contribution in [1.82, 2.24) is 4.72 Å². The molecule has 0 spiro atoms. The van der Waals surface area contributed by atoms with Crippen molar-refractivity contribution in [2.45, 2.75) is 25.8 Å². The average molecular weight is 219 g/mol. The fourth-order valence-corrected chi connectivity index (χ4v) is 2.07. The van der Waals surface area contributed by atoms with Crippen LogP contribution in [0.5, 0.6) is 0 Å². The minimum atomic E-state index is -3.62. The number of hydrogen-bond acceptors (Lipinski definition) is 3. The zero-order valence-electron chi connectivity index (χ0n) is 8.07. The van der Waals surface area contributed by atoms with Crippen molar-refractivity contribution >= 4 is 16.0 Å². The molecule has 0 amide bonds. The molecule has 0 unspecified atom stereocenters. The minimum absolute atomic E-state index is 0.435. The van der Waals surface area contributed by atoms with Gasteiger partial charge in [0.1, 0.15) is 0 Å². The molecule has 0 aromatic carbocycles. The predicted octanol–water partition coefficient (Wildman–Crippen LogP) is -0.208. The molecule has 0 saturated heterocycles. The third-order valence-corrected chi connectivity index (χ3v) is 2.92. The number of aliphatic carboxylic acids is 1. The first-order valence-corrected chi connectivity index (χ1v) is 5.55. The van der Waals surface area contributed by atoms with Gasteiger partial charge in [0, 0.05) is 0 Å². The Hall–Kier alpha value is -1.06. The lowest BCUT2D eigenvalue weighted by Gasteiger charge is -2.18. The first kappa shape index (κ1) is 12.9. The van der Waals surface area contributed by atoms with E-state index in [1.165, 1.54) is 13.8 Å². The molecule has 6 heteroatoms. The van der Waals surface area contributed by atoms with Crippen LogP contribution in [0.3, 0.4) is 0 Å². The third kappa shape index (κ3) is 5.56. The molecule has 0 aliphatic heterocycles. The highest BCUT2D eigenvalue weighted by Gasteiger charge is 2.22. The molecule has 0 saturated carbocycles. The maximum atomic E-state index is 11.2. The van der Waals surface area contributed by atoms with Crippen molar-refractivity contribution in [2.24, 2.45) is 0 Å². The fourth-order valence-electron chi connectivity index (χ4n) is 0.691. The highest BCUT2D eigenvalue weighted by Crippen LogP contribution is 2.03. The molecule has 80 valence electrons. The lowest BCUT2D eigenvalue weighted by atomic mass is 10.1. The summed E-state index contributed by atoms with van der Waals surface area (Å²) in [5, 5.41) is 8.30. The van der Waals surface area contributed by atoms with Crippen molar-refractivity contribution in [1.29, 1.82) is 0 Å². The maximum Gasteiger partial charge on any atom is 0.304 e. The first-order valence-electron chi connectivity index (χ1n) is 3.90. The van der Waals surface area contributed by atoms with Crippen LogP contribution in [0.15, 0.2) is 0 Å². The number of nitrogens with one attached hydrogen (secondary N) is 1. The summed E-state index contributed by atoms with van der Waals surface area (Å²) in [6.45, 7) is 3.04. The van der Waals surface area contributed by atoms with Gasteiger partial charge < -0.3 is 5.11 Å². The predicted molar refractivity (Wildman–Crippen MR) is 52.1 cm³/mol. The monoisotopic (exact) mass is 219 g/mol. The summed E-state index contributed by atoms with van der Waals surface area (Å²) in [5.74, 6) is 0.624. The van der Waals surface area contributed by atoms with Crippen LogP contribution in [0.2, 0.25) is 0 Å². The van der Waals surface area contributed by atoms with Crippen LogP contribution in [-0.4, -0.2) is 30.8 Å². The van der Waals surface area contributed by atoms with E-state index in [-0.39, 0.29) is 0 Å². The van der Waals surface area contributed by atoms with Gasteiger partial charge in [-0.2, -0.15) is 4.72 Å². The van der Waals surface area contributed by atoms with E-state index < -0.39 is 33.7 Å². The molecular weight excluding hydrogens is 206 g/mol. The molecule has 0 bridgehead atoms. The van der Waals surface area contributed by atoms with Gasteiger partial charge in [0.15, 0.2) is 0 Å². The Balaban J connectivity index is 4.38. The van der Waals surface area contributed by atoms with Crippen molar-refractivity contribution in [3.8, 4) is 12.3 Å². The summed E-state index contributed by atoms with van der Waals surface area (Å²) in [4.78, 5) is 10.1. The molecule has 0 atom stereocenters. The SMILES string of the molecule is C#CC(C)(C)NS(=O)(=O)CCC(=O)O. The molecule has 0 aromatic heterocycles. The Morgan fingerprint density at radius 3 is 2.43 bits per heavy atom. The highest BCUT2D eigenvalue weighted by atomic mass is 32.2. The van der Waals surface area contributed by atoms with Crippen LogP contribution < -0.4 is 4.72 Å². The van der Waals surface area contributed by atoms with Gasteiger partial charge in [0.25, 0.3) is 0 Å². The number of terminal acetylenes is 1. The molecule has 5 nitrogen and oxygen atoms in total. The zero-order chi connectivity index (χ0) is 11.4. The maximum absolute atomic E-state index is 11.2. The topological polar surface area (TPSA) is 83.5 Å². The van der Waals surface area contributed by atoms with E-state index in [9.17, 15) is 13.2 Å². The van der Waals surface area contributed by atoms with Crippen LogP contribution in [0, 0.1) is 12.3 Å². The van der Waals surface area contributed by atoms with Crippen LogP contribution >= 0.6 is 0 Å². The number of rotatable bonds is 5. The summed E-state index contributed by atoms with van der Waals surface area (Å²) in [6.07, 6.45) is 4.64. The lowest BCUT2D eigenvalue weighted by Crippen LogP contribution is -2.43. The second-order valence-corrected chi connectivity index (χ2v) is 5.18. The molecule has 2 N–H and O–H groups in total. The number of hydrogen-bond donors (Lipinski definition) is 2. The standard InChI is InChI=1S/C8H13NO4S/c1-4-8(2,3)9-14(12,13)6-5-7(10)11/h1,9H,5-6H2,2-3H3,(H,10,11). The van der Waals surface area contributed by atoms with Gasteiger partial charge >= 0.3 is 5.97 Å². The van der Waals surface area contributed by atoms with E-state index >= 15 is 0 Å². The second kappa shape index (κ2) is 4.44. The van der Waals surface area contributed by atoms with Crippen molar-refractivity contribution in [3.63, 3.8) is 0 Å². The quantitative estimate of drug-likeness (QED) is 0.627. The Labute approximate surface area is 83.6 Å². The lowest BCUT2D eigenvalue weighted by molar-refractivity contribution is -0.136. The van der Waals surface area contributed by atoms with Crippen molar-refractivity contribution in [2.75, 3.05) is 5.75 Å². The van der Waals surface area contributed by atoms with Crippen molar-refractivity contribution in [3.05, 3.63) is 0 Å². The molecule has 0 aliphatic rings. The molecule has 0 aromatic rings. The minimum Gasteiger partial charge on any atom is -0.481 e. The van der Waals surface area contributed by atoms with Crippen molar-refractivity contribution < 1.29 is 18.3 Å². The summed E-state index contributed by atoms with van der Waals surface area (Å²) in [7, 11) is -3.62. The van der Waals surface area contributed by atoms with Crippen LogP contribution in [0.4, 0.5) is 0 Å². The van der Waals surface area contributed by atoms with Gasteiger partial charge in [0.05, 0.1) is 17.7 Å². The first-order chi connectivity index (χ1) is 6.18. The smallest absolute Gasteiger partial charge is 0.304 e. The molecule has 0 aliphatic carbocycles. The number of sulfonamides is 1. The number of carbonyl (C=O) groups is 1. The van der Waals surface area contributed by atoms with Crippen LogP contribution in [0.25, 0.3) is 0 Å². The van der Waals surface area contributed by atoms with E-state index in [2.05, 4.69) is 10.6 Å². The zero-order valence-corrected chi connectivity index (χ0v) is 8.89. The molecule has 0 radical (unpaired) electrons. The Morgan fingerprint density at radius 2 is 2.07 bits per heavy atom.